The molecule has 0 spiro atoms. The van der Waals surface area contributed by atoms with Crippen molar-refractivity contribution in [1.29, 1.82) is 0 Å². The fourth-order valence-corrected chi connectivity index (χ4v) is 3.21. The Morgan fingerprint density at radius 2 is 1.88 bits per heavy atom. The maximum atomic E-state index is 12.5. The largest absolute Gasteiger partial charge is 0.493 e. The van der Waals surface area contributed by atoms with Gasteiger partial charge in [0.1, 0.15) is 0 Å². The predicted octanol–water partition coefficient (Wildman–Crippen LogP) is 3.25. The molecule has 1 aromatic carbocycles. The lowest BCUT2D eigenvalue weighted by Gasteiger charge is -2.33. The molecule has 1 aliphatic rings. The number of carboxylic acids is 1. The Balaban J connectivity index is 2.08. The van der Waals surface area contributed by atoms with E-state index in [0.717, 1.165) is 19.3 Å². The Kier molecular flexibility index (Phi) is 6.28. The van der Waals surface area contributed by atoms with Gasteiger partial charge in [0, 0.05) is 12.1 Å². The van der Waals surface area contributed by atoms with Crippen molar-refractivity contribution < 1.29 is 24.2 Å². The van der Waals surface area contributed by atoms with Gasteiger partial charge in [0.05, 0.1) is 18.6 Å². The van der Waals surface area contributed by atoms with Crippen LogP contribution in [0, 0.1) is 5.41 Å². The molecule has 25 heavy (non-hydrogen) atoms. The van der Waals surface area contributed by atoms with Crippen LogP contribution in [0.15, 0.2) is 18.2 Å². The molecule has 1 fully saturated rings. The third kappa shape index (κ3) is 4.65. The number of nitrogens with one attached hydrogen (secondary N) is 1. The molecule has 0 aromatic heterocycles. The zero-order valence-electron chi connectivity index (χ0n) is 15.1. The maximum Gasteiger partial charge on any atom is 0.311 e. The first-order valence-electron chi connectivity index (χ1n) is 8.74. The number of carbonyl (C=O) groups excluding carboxylic acids is 1. The van der Waals surface area contributed by atoms with Gasteiger partial charge in [0.15, 0.2) is 11.5 Å². The van der Waals surface area contributed by atoms with Crippen LogP contribution in [-0.2, 0) is 4.79 Å². The van der Waals surface area contributed by atoms with E-state index >= 15 is 0 Å². The molecular formula is C19H27NO5. The summed E-state index contributed by atoms with van der Waals surface area (Å²) in [5.74, 6) is -0.0818. The molecule has 6 heteroatoms. The van der Waals surface area contributed by atoms with Gasteiger partial charge in [0.25, 0.3) is 5.91 Å². The lowest BCUT2D eigenvalue weighted by atomic mass is 9.74. The SMILES string of the molecule is COc1cc(C(=O)NCC2(C(=O)O)CCCCC2)ccc1OC(C)C. The molecule has 1 aliphatic carbocycles. The van der Waals surface area contributed by atoms with E-state index in [1.165, 1.54) is 7.11 Å². The van der Waals surface area contributed by atoms with Crippen molar-refractivity contribution in [2.24, 2.45) is 5.41 Å². The summed E-state index contributed by atoms with van der Waals surface area (Å²) in [7, 11) is 1.52. The number of carboxylic acid groups (broad SMARTS) is 1. The Morgan fingerprint density at radius 3 is 2.44 bits per heavy atom. The second kappa shape index (κ2) is 8.23. The van der Waals surface area contributed by atoms with Gasteiger partial charge in [-0.25, -0.2) is 0 Å². The van der Waals surface area contributed by atoms with Crippen molar-refractivity contribution in [3.05, 3.63) is 23.8 Å². The number of amides is 1. The molecule has 138 valence electrons. The average molecular weight is 349 g/mol. The molecule has 1 amide bonds. The Bertz CT molecular complexity index is 620. The molecule has 2 N–H and O–H groups in total. The van der Waals surface area contributed by atoms with Crippen molar-refractivity contribution in [2.75, 3.05) is 13.7 Å². The molecule has 0 bridgehead atoms. The molecule has 0 aliphatic heterocycles. The standard InChI is InChI=1S/C19H27NO5/c1-13(2)25-15-8-7-14(11-16(15)24-3)17(21)20-12-19(18(22)23)9-5-4-6-10-19/h7-8,11,13H,4-6,9-10,12H2,1-3H3,(H,20,21)(H,22,23). The first-order valence-corrected chi connectivity index (χ1v) is 8.74. The van der Waals surface area contributed by atoms with E-state index in [0.29, 0.717) is 29.9 Å². The number of hydrogen-bond acceptors (Lipinski definition) is 4. The van der Waals surface area contributed by atoms with Gasteiger partial charge in [-0.3, -0.25) is 9.59 Å². The number of hydrogen-bond donors (Lipinski definition) is 2. The molecule has 0 heterocycles. The number of benzene rings is 1. The molecule has 0 unspecified atom stereocenters. The smallest absolute Gasteiger partial charge is 0.311 e. The van der Waals surface area contributed by atoms with Crippen LogP contribution in [0.25, 0.3) is 0 Å². The highest BCUT2D eigenvalue weighted by Gasteiger charge is 2.39. The van der Waals surface area contributed by atoms with Crippen molar-refractivity contribution in [3.63, 3.8) is 0 Å². The van der Waals surface area contributed by atoms with Crippen LogP contribution in [0.2, 0.25) is 0 Å². The summed E-state index contributed by atoms with van der Waals surface area (Å²) in [5, 5.41) is 12.4. The molecule has 0 radical (unpaired) electrons. The topological polar surface area (TPSA) is 84.9 Å². The predicted molar refractivity (Wildman–Crippen MR) is 94.2 cm³/mol. The molecule has 1 saturated carbocycles. The minimum atomic E-state index is -0.849. The summed E-state index contributed by atoms with van der Waals surface area (Å²) < 4.78 is 10.9. The molecule has 0 saturated heterocycles. The lowest BCUT2D eigenvalue weighted by Crippen LogP contribution is -2.44. The van der Waals surface area contributed by atoms with Crippen LogP contribution in [0.1, 0.15) is 56.3 Å². The zero-order chi connectivity index (χ0) is 18.4. The molecular weight excluding hydrogens is 322 g/mol. The van der Waals surface area contributed by atoms with E-state index in [1.54, 1.807) is 18.2 Å². The highest BCUT2D eigenvalue weighted by Crippen LogP contribution is 2.36. The summed E-state index contributed by atoms with van der Waals surface area (Å²) >= 11 is 0. The first kappa shape index (κ1) is 19.1. The Labute approximate surface area is 148 Å². The van der Waals surface area contributed by atoms with Gasteiger partial charge in [0.2, 0.25) is 0 Å². The van der Waals surface area contributed by atoms with Crippen LogP contribution < -0.4 is 14.8 Å². The molecule has 1 aromatic rings. The number of ether oxygens (including phenoxy) is 2. The van der Waals surface area contributed by atoms with Crippen LogP contribution in [0.5, 0.6) is 11.5 Å². The summed E-state index contributed by atoms with van der Waals surface area (Å²) in [6.45, 7) is 3.97. The number of methoxy groups -OCH3 is 1. The maximum absolute atomic E-state index is 12.5. The van der Waals surface area contributed by atoms with Gasteiger partial charge >= 0.3 is 5.97 Å². The van der Waals surface area contributed by atoms with Crippen LogP contribution >= 0.6 is 0 Å². The highest BCUT2D eigenvalue weighted by molar-refractivity contribution is 5.95. The van der Waals surface area contributed by atoms with E-state index < -0.39 is 11.4 Å². The second-order valence-electron chi connectivity index (χ2n) is 6.86. The first-order chi connectivity index (χ1) is 11.9. The van der Waals surface area contributed by atoms with E-state index in [9.17, 15) is 14.7 Å². The quantitative estimate of drug-likeness (QED) is 0.789. The minimum absolute atomic E-state index is 0.00435. The highest BCUT2D eigenvalue weighted by atomic mass is 16.5. The van der Waals surface area contributed by atoms with Crippen LogP contribution in [-0.4, -0.2) is 36.7 Å². The average Bonchev–Trinajstić information content (AvgIpc) is 2.60. The van der Waals surface area contributed by atoms with Gasteiger partial charge < -0.3 is 19.9 Å². The van der Waals surface area contributed by atoms with E-state index in [1.807, 2.05) is 13.8 Å². The zero-order valence-corrected chi connectivity index (χ0v) is 15.1. The van der Waals surface area contributed by atoms with Crippen LogP contribution in [0.4, 0.5) is 0 Å². The molecule has 6 nitrogen and oxygen atoms in total. The van der Waals surface area contributed by atoms with Crippen molar-refractivity contribution >= 4 is 11.9 Å². The third-order valence-electron chi connectivity index (χ3n) is 4.64. The van der Waals surface area contributed by atoms with E-state index in [2.05, 4.69) is 5.32 Å². The van der Waals surface area contributed by atoms with E-state index in [-0.39, 0.29) is 18.6 Å². The number of aliphatic carboxylic acids is 1. The number of rotatable bonds is 7. The van der Waals surface area contributed by atoms with Crippen molar-refractivity contribution in [2.45, 2.75) is 52.1 Å². The van der Waals surface area contributed by atoms with Gasteiger partial charge in [-0.15, -0.1) is 0 Å². The fourth-order valence-electron chi connectivity index (χ4n) is 3.21. The summed E-state index contributed by atoms with van der Waals surface area (Å²) in [6.07, 6.45) is 4.03. The normalized spacial score (nSPS) is 16.3. The van der Waals surface area contributed by atoms with Crippen molar-refractivity contribution in [3.8, 4) is 11.5 Å². The van der Waals surface area contributed by atoms with Crippen molar-refractivity contribution in [1.82, 2.24) is 5.32 Å². The Hall–Kier alpha value is -2.24. The number of carbonyl (C=O) groups is 2. The summed E-state index contributed by atoms with van der Waals surface area (Å²) in [6, 6.07) is 4.96. The molecule has 0 atom stereocenters. The second-order valence-corrected chi connectivity index (χ2v) is 6.86. The van der Waals surface area contributed by atoms with Crippen LogP contribution in [0.3, 0.4) is 0 Å². The summed E-state index contributed by atoms with van der Waals surface area (Å²) in [5.41, 5.74) is -0.428. The van der Waals surface area contributed by atoms with Gasteiger partial charge in [-0.05, 0) is 44.9 Å². The fraction of sp³-hybridized carbons (Fsp3) is 0.579. The summed E-state index contributed by atoms with van der Waals surface area (Å²) in [4.78, 5) is 24.1. The van der Waals surface area contributed by atoms with Gasteiger partial charge in [-0.1, -0.05) is 19.3 Å². The Morgan fingerprint density at radius 1 is 1.20 bits per heavy atom. The monoisotopic (exact) mass is 349 g/mol. The molecule has 2 rings (SSSR count). The third-order valence-corrected chi connectivity index (χ3v) is 4.64. The lowest BCUT2D eigenvalue weighted by molar-refractivity contribution is -0.150. The minimum Gasteiger partial charge on any atom is -0.493 e. The van der Waals surface area contributed by atoms with Gasteiger partial charge in [-0.2, -0.15) is 0 Å². The van der Waals surface area contributed by atoms with E-state index in [4.69, 9.17) is 9.47 Å².